The highest BCUT2D eigenvalue weighted by Crippen LogP contribution is 2.49. The summed E-state index contributed by atoms with van der Waals surface area (Å²) in [5.74, 6) is -0.839. The first-order valence-electron chi connectivity index (χ1n) is 9.30. The molecule has 0 saturated carbocycles. The Labute approximate surface area is 174 Å². The van der Waals surface area contributed by atoms with Crippen molar-refractivity contribution in [2.75, 3.05) is 6.61 Å². The molecule has 31 heavy (non-hydrogen) atoms. The van der Waals surface area contributed by atoms with Crippen molar-refractivity contribution in [3.8, 4) is 11.5 Å². The van der Waals surface area contributed by atoms with Crippen LogP contribution >= 0.6 is 0 Å². The van der Waals surface area contributed by atoms with E-state index in [0.717, 1.165) is 30.3 Å². The van der Waals surface area contributed by atoms with Gasteiger partial charge >= 0.3 is 12.5 Å². The van der Waals surface area contributed by atoms with Gasteiger partial charge in [0.1, 0.15) is 0 Å². The molecule has 11 heteroatoms. The van der Waals surface area contributed by atoms with Crippen molar-refractivity contribution in [1.82, 2.24) is 0 Å². The van der Waals surface area contributed by atoms with Crippen molar-refractivity contribution in [2.24, 2.45) is 5.92 Å². The number of fused-ring (bicyclic) bond motifs is 1. The van der Waals surface area contributed by atoms with E-state index < -0.39 is 37.7 Å². The molecule has 168 valence electrons. The van der Waals surface area contributed by atoms with Crippen LogP contribution in [-0.2, 0) is 25.7 Å². The maximum absolute atomic E-state index is 13.6. The van der Waals surface area contributed by atoms with Crippen LogP contribution in [0.25, 0.3) is 0 Å². The predicted octanol–water partition coefficient (Wildman–Crippen LogP) is 5.10. The van der Waals surface area contributed by atoms with E-state index in [0.29, 0.717) is 12.5 Å². The smallest absolute Gasteiger partial charge is 0.395 e. The number of rotatable bonds is 3. The average Bonchev–Trinajstić information content (AvgIpc) is 3.00. The summed E-state index contributed by atoms with van der Waals surface area (Å²) in [7, 11) is -4.54. The summed E-state index contributed by atoms with van der Waals surface area (Å²) in [6.45, 7) is 1.80. The summed E-state index contributed by atoms with van der Waals surface area (Å²) in [5, 5.41) is 0. The number of hydrogen-bond acceptors (Lipinski definition) is 5. The highest BCUT2D eigenvalue weighted by molar-refractivity contribution is 7.92. The molecule has 1 fully saturated rings. The summed E-state index contributed by atoms with van der Waals surface area (Å²) in [6.07, 6.45) is -8.21. The van der Waals surface area contributed by atoms with Crippen molar-refractivity contribution in [3.05, 3.63) is 53.6 Å². The Morgan fingerprint density at radius 2 is 1.74 bits per heavy atom. The molecule has 0 aromatic heterocycles. The molecule has 5 nitrogen and oxygen atoms in total. The molecule has 0 aliphatic carbocycles. The van der Waals surface area contributed by atoms with E-state index >= 15 is 0 Å². The first-order valence-corrected chi connectivity index (χ1v) is 10.8. The first-order chi connectivity index (χ1) is 14.3. The van der Waals surface area contributed by atoms with Crippen LogP contribution in [0.1, 0.15) is 30.9 Å². The summed E-state index contributed by atoms with van der Waals surface area (Å²) in [6, 6.07) is 6.79. The molecule has 0 spiro atoms. The van der Waals surface area contributed by atoms with Crippen LogP contribution in [0.2, 0.25) is 0 Å². The standard InChI is InChI=1S/C20H17F5O5S/c1-12-7-8-28-18(11-12,13-5-6-16-17(10-13)30-20(24,25)29-16)31(26,27)15-4-2-3-14(9-15)19(21,22)23/h2-6,9-10,12H,7-8,11H2,1H3. The largest absolute Gasteiger partial charge is 0.586 e. The maximum Gasteiger partial charge on any atom is 0.586 e. The van der Waals surface area contributed by atoms with Gasteiger partial charge in [0.25, 0.3) is 0 Å². The minimum absolute atomic E-state index is 0.0178. The first kappa shape index (κ1) is 21.8. The SMILES string of the molecule is CC1CCOC(c2ccc3c(c2)OC(F)(F)O3)(S(=O)(=O)c2cccc(C(F)(F)F)c2)C1. The molecule has 0 N–H and O–H groups in total. The zero-order valence-electron chi connectivity index (χ0n) is 16.1. The molecular weight excluding hydrogens is 447 g/mol. The van der Waals surface area contributed by atoms with Gasteiger partial charge in [0.2, 0.25) is 9.84 Å². The second kappa shape index (κ2) is 7.06. The van der Waals surface area contributed by atoms with Crippen LogP contribution in [-0.4, -0.2) is 21.3 Å². The minimum Gasteiger partial charge on any atom is -0.395 e. The van der Waals surface area contributed by atoms with E-state index in [1.54, 1.807) is 6.92 Å². The average molecular weight is 464 g/mol. The van der Waals surface area contributed by atoms with Gasteiger partial charge in [-0.15, -0.1) is 8.78 Å². The van der Waals surface area contributed by atoms with Crippen molar-refractivity contribution < 1.29 is 44.6 Å². The Morgan fingerprint density at radius 3 is 2.42 bits per heavy atom. The van der Waals surface area contributed by atoms with Crippen LogP contribution in [0.3, 0.4) is 0 Å². The Balaban J connectivity index is 1.87. The zero-order chi connectivity index (χ0) is 22.7. The molecular formula is C20H17F5O5S. The molecule has 0 bridgehead atoms. The van der Waals surface area contributed by atoms with Gasteiger partial charge in [-0.2, -0.15) is 13.2 Å². The second-order valence-electron chi connectivity index (χ2n) is 7.56. The van der Waals surface area contributed by atoms with E-state index in [1.807, 2.05) is 0 Å². The van der Waals surface area contributed by atoms with Gasteiger partial charge in [-0.25, -0.2) is 8.42 Å². The van der Waals surface area contributed by atoms with Crippen LogP contribution in [0.4, 0.5) is 22.0 Å². The zero-order valence-corrected chi connectivity index (χ0v) is 16.9. The molecule has 2 aromatic carbocycles. The molecule has 4 rings (SSSR count). The maximum atomic E-state index is 13.6. The lowest BCUT2D eigenvalue weighted by atomic mass is 9.92. The van der Waals surface area contributed by atoms with Gasteiger partial charge in [-0.05, 0) is 49.1 Å². The monoisotopic (exact) mass is 464 g/mol. The van der Waals surface area contributed by atoms with Gasteiger partial charge in [0, 0.05) is 12.2 Å². The van der Waals surface area contributed by atoms with Gasteiger partial charge in [0.15, 0.2) is 16.4 Å². The highest BCUT2D eigenvalue weighted by Gasteiger charge is 2.52. The van der Waals surface area contributed by atoms with Crippen LogP contribution in [0, 0.1) is 5.92 Å². The van der Waals surface area contributed by atoms with E-state index in [-0.39, 0.29) is 36.0 Å². The van der Waals surface area contributed by atoms with Gasteiger partial charge in [-0.1, -0.05) is 19.1 Å². The lowest BCUT2D eigenvalue weighted by molar-refractivity contribution is -0.286. The predicted molar refractivity (Wildman–Crippen MR) is 97.3 cm³/mol. The Morgan fingerprint density at radius 1 is 1.03 bits per heavy atom. The van der Waals surface area contributed by atoms with E-state index in [1.165, 1.54) is 6.07 Å². The number of halogens is 5. The number of ether oxygens (including phenoxy) is 3. The number of hydrogen-bond donors (Lipinski definition) is 0. The third kappa shape index (κ3) is 3.73. The summed E-state index contributed by atoms with van der Waals surface area (Å²) >= 11 is 0. The third-order valence-electron chi connectivity index (χ3n) is 5.31. The molecule has 2 atom stereocenters. The van der Waals surface area contributed by atoms with Crippen molar-refractivity contribution in [1.29, 1.82) is 0 Å². The van der Waals surface area contributed by atoms with E-state index in [9.17, 15) is 30.4 Å². The quantitative estimate of drug-likeness (QED) is 0.592. The van der Waals surface area contributed by atoms with Crippen molar-refractivity contribution >= 4 is 9.84 Å². The molecule has 0 radical (unpaired) electrons. The Bertz CT molecular complexity index is 1120. The summed E-state index contributed by atoms with van der Waals surface area (Å²) < 4.78 is 108. The fourth-order valence-corrected chi connectivity index (χ4v) is 5.90. The molecule has 2 aliphatic heterocycles. The van der Waals surface area contributed by atoms with Gasteiger partial charge in [0.05, 0.1) is 10.5 Å². The lowest BCUT2D eigenvalue weighted by Gasteiger charge is -2.39. The van der Waals surface area contributed by atoms with E-state index in [2.05, 4.69) is 9.47 Å². The normalized spacial score (nSPS) is 25.4. The molecule has 2 unspecified atom stereocenters. The topological polar surface area (TPSA) is 61.8 Å². The second-order valence-corrected chi connectivity index (χ2v) is 9.70. The number of alkyl halides is 5. The van der Waals surface area contributed by atoms with Gasteiger partial charge in [-0.3, -0.25) is 0 Å². The summed E-state index contributed by atoms with van der Waals surface area (Å²) in [5.41, 5.74) is -1.16. The molecule has 2 aromatic rings. The van der Waals surface area contributed by atoms with Crippen LogP contribution in [0.5, 0.6) is 11.5 Å². The molecule has 2 heterocycles. The molecule has 0 amide bonds. The number of benzene rings is 2. The molecule has 2 aliphatic rings. The molecule has 1 saturated heterocycles. The van der Waals surface area contributed by atoms with Crippen molar-refractivity contribution in [2.45, 2.75) is 42.1 Å². The van der Waals surface area contributed by atoms with Crippen molar-refractivity contribution in [3.63, 3.8) is 0 Å². The van der Waals surface area contributed by atoms with Crippen LogP contribution < -0.4 is 9.47 Å². The van der Waals surface area contributed by atoms with E-state index in [4.69, 9.17) is 4.74 Å². The van der Waals surface area contributed by atoms with Gasteiger partial charge < -0.3 is 14.2 Å². The lowest BCUT2D eigenvalue weighted by Crippen LogP contribution is -2.44. The third-order valence-corrected chi connectivity index (χ3v) is 7.57. The summed E-state index contributed by atoms with van der Waals surface area (Å²) in [4.78, 5) is -2.66. The van der Waals surface area contributed by atoms with Crippen LogP contribution in [0.15, 0.2) is 47.4 Å². The number of sulfone groups is 1. The minimum atomic E-state index is -4.75. The fourth-order valence-electron chi connectivity index (χ4n) is 3.80. The Hall–Kier alpha value is -2.40. The Kier molecular flexibility index (Phi) is 4.97. The highest BCUT2D eigenvalue weighted by atomic mass is 32.2. The fraction of sp³-hybridized carbons (Fsp3) is 0.400.